The van der Waals surface area contributed by atoms with Crippen LogP contribution in [0.5, 0.6) is 0 Å². The van der Waals surface area contributed by atoms with E-state index < -0.39 is 12.6 Å². The predicted molar refractivity (Wildman–Crippen MR) is 88.0 cm³/mol. The van der Waals surface area contributed by atoms with Gasteiger partial charge in [-0.2, -0.15) is 13.2 Å². The molecule has 0 aromatic heterocycles. The molecule has 0 rings (SSSR count). The number of hydrogen-bond acceptors (Lipinski definition) is 2. The largest absolute Gasteiger partial charge is 0.390 e. The molecule has 0 aromatic rings. The molecular weight excluding hydrogens is 400 g/mol. The van der Waals surface area contributed by atoms with Crippen molar-refractivity contribution in [3.63, 3.8) is 0 Å². The van der Waals surface area contributed by atoms with E-state index in [-0.39, 0.29) is 54.5 Å². The summed E-state index contributed by atoms with van der Waals surface area (Å²) in [7, 11) is 0. The van der Waals surface area contributed by atoms with E-state index in [9.17, 15) is 18.0 Å². The van der Waals surface area contributed by atoms with Crippen LogP contribution in [0.4, 0.5) is 13.2 Å². The van der Waals surface area contributed by atoms with Gasteiger partial charge in [0.05, 0.1) is 6.42 Å². The zero-order chi connectivity index (χ0) is 15.8. The van der Waals surface area contributed by atoms with Crippen molar-refractivity contribution in [2.45, 2.75) is 45.8 Å². The van der Waals surface area contributed by atoms with Gasteiger partial charge in [0.25, 0.3) is 0 Å². The van der Waals surface area contributed by atoms with Crippen molar-refractivity contribution < 1.29 is 18.0 Å². The molecular formula is C12H24F3IN4O. The minimum atomic E-state index is -4.21. The van der Waals surface area contributed by atoms with Crippen LogP contribution in [-0.2, 0) is 4.79 Å². The SMILES string of the molecule is CCNC(=NCC(=O)NC(C)(C)C)NCCC(F)(F)F.I. The number of amides is 1. The molecule has 0 aliphatic carbocycles. The molecule has 0 aromatic carbocycles. The van der Waals surface area contributed by atoms with Crippen LogP contribution < -0.4 is 16.0 Å². The summed E-state index contributed by atoms with van der Waals surface area (Å²) in [6, 6.07) is 0. The zero-order valence-corrected chi connectivity index (χ0v) is 15.1. The van der Waals surface area contributed by atoms with Crippen LogP contribution in [0.25, 0.3) is 0 Å². The highest BCUT2D eigenvalue weighted by Crippen LogP contribution is 2.17. The molecule has 0 saturated carbocycles. The normalized spacial score (nSPS) is 12.4. The van der Waals surface area contributed by atoms with Crippen molar-refractivity contribution in [3.8, 4) is 0 Å². The van der Waals surface area contributed by atoms with Gasteiger partial charge in [0.2, 0.25) is 5.91 Å². The van der Waals surface area contributed by atoms with Gasteiger partial charge >= 0.3 is 6.18 Å². The zero-order valence-electron chi connectivity index (χ0n) is 12.7. The Bertz CT molecular complexity index is 340. The number of carbonyl (C=O) groups is 1. The molecule has 0 heterocycles. The monoisotopic (exact) mass is 424 g/mol. The minimum Gasteiger partial charge on any atom is -0.357 e. The van der Waals surface area contributed by atoms with Gasteiger partial charge in [-0.3, -0.25) is 4.79 Å². The van der Waals surface area contributed by atoms with Gasteiger partial charge in [-0.1, -0.05) is 0 Å². The first-order valence-corrected chi connectivity index (χ1v) is 6.43. The van der Waals surface area contributed by atoms with Gasteiger partial charge in [0.15, 0.2) is 5.96 Å². The molecule has 3 N–H and O–H groups in total. The van der Waals surface area contributed by atoms with Crippen molar-refractivity contribution in [2.75, 3.05) is 19.6 Å². The van der Waals surface area contributed by atoms with Crippen LogP contribution in [0.3, 0.4) is 0 Å². The van der Waals surface area contributed by atoms with E-state index in [1.165, 1.54) is 0 Å². The summed E-state index contributed by atoms with van der Waals surface area (Å²) in [5, 5.41) is 8.03. The van der Waals surface area contributed by atoms with E-state index >= 15 is 0 Å². The lowest BCUT2D eigenvalue weighted by molar-refractivity contribution is -0.132. The van der Waals surface area contributed by atoms with Gasteiger partial charge in [-0.25, -0.2) is 4.99 Å². The number of hydrogen-bond donors (Lipinski definition) is 3. The van der Waals surface area contributed by atoms with Crippen LogP contribution >= 0.6 is 24.0 Å². The Hall–Kier alpha value is -0.740. The maximum atomic E-state index is 12.0. The third-order valence-corrected chi connectivity index (χ3v) is 1.94. The second-order valence-electron chi connectivity index (χ2n) is 5.29. The average molecular weight is 424 g/mol. The highest BCUT2D eigenvalue weighted by molar-refractivity contribution is 14.0. The lowest BCUT2D eigenvalue weighted by atomic mass is 10.1. The van der Waals surface area contributed by atoms with E-state index in [0.29, 0.717) is 6.54 Å². The summed E-state index contributed by atoms with van der Waals surface area (Å²) in [5.41, 5.74) is -0.366. The minimum absolute atomic E-state index is 0. The van der Waals surface area contributed by atoms with Crippen LogP contribution in [0, 0.1) is 0 Å². The molecule has 0 spiro atoms. The Morgan fingerprint density at radius 1 is 1.14 bits per heavy atom. The number of nitrogens with zero attached hydrogens (tertiary/aromatic N) is 1. The Kier molecular flexibility index (Phi) is 10.8. The maximum absolute atomic E-state index is 12.0. The fourth-order valence-electron chi connectivity index (χ4n) is 1.27. The number of halogens is 4. The predicted octanol–water partition coefficient (Wildman–Crippen LogP) is 2.03. The number of alkyl halides is 3. The highest BCUT2D eigenvalue weighted by atomic mass is 127. The van der Waals surface area contributed by atoms with Crippen LogP contribution in [0.15, 0.2) is 4.99 Å². The molecule has 9 heteroatoms. The Morgan fingerprint density at radius 2 is 1.71 bits per heavy atom. The molecule has 0 saturated heterocycles. The Balaban J connectivity index is 0. The van der Waals surface area contributed by atoms with Crippen molar-refractivity contribution in [1.29, 1.82) is 0 Å². The van der Waals surface area contributed by atoms with Crippen molar-refractivity contribution in [2.24, 2.45) is 4.99 Å². The number of rotatable bonds is 5. The summed E-state index contributed by atoms with van der Waals surface area (Å²) in [6.45, 7) is 7.37. The van der Waals surface area contributed by atoms with E-state index in [4.69, 9.17) is 0 Å². The molecule has 21 heavy (non-hydrogen) atoms. The van der Waals surface area contributed by atoms with Crippen LogP contribution in [0.1, 0.15) is 34.1 Å². The molecule has 126 valence electrons. The van der Waals surface area contributed by atoms with Gasteiger partial charge in [0.1, 0.15) is 6.54 Å². The fraction of sp³-hybridized carbons (Fsp3) is 0.833. The summed E-state index contributed by atoms with van der Waals surface area (Å²) >= 11 is 0. The van der Waals surface area contributed by atoms with Crippen molar-refractivity contribution >= 4 is 35.8 Å². The van der Waals surface area contributed by atoms with E-state index in [1.807, 2.05) is 20.8 Å². The summed E-state index contributed by atoms with van der Waals surface area (Å²) in [4.78, 5) is 15.5. The van der Waals surface area contributed by atoms with Crippen LogP contribution in [0.2, 0.25) is 0 Å². The smallest absolute Gasteiger partial charge is 0.357 e. The molecule has 0 unspecified atom stereocenters. The van der Waals surface area contributed by atoms with Crippen LogP contribution in [-0.4, -0.2) is 43.2 Å². The summed E-state index contributed by atoms with van der Waals surface area (Å²) in [5.74, 6) is -0.0914. The van der Waals surface area contributed by atoms with Gasteiger partial charge < -0.3 is 16.0 Å². The number of carbonyl (C=O) groups excluding carboxylic acids is 1. The Morgan fingerprint density at radius 3 is 2.14 bits per heavy atom. The topological polar surface area (TPSA) is 65.5 Å². The third-order valence-electron chi connectivity index (χ3n) is 1.94. The molecule has 0 radical (unpaired) electrons. The average Bonchev–Trinajstić information content (AvgIpc) is 2.21. The third kappa shape index (κ3) is 15.5. The van der Waals surface area contributed by atoms with E-state index in [1.54, 1.807) is 6.92 Å². The quantitative estimate of drug-likeness (QED) is 0.360. The van der Waals surface area contributed by atoms with Gasteiger partial charge in [0, 0.05) is 18.6 Å². The first-order valence-electron chi connectivity index (χ1n) is 6.43. The first kappa shape index (κ1) is 22.5. The lowest BCUT2D eigenvalue weighted by Gasteiger charge is -2.20. The standard InChI is InChI=1S/C12H23F3N4O.HI/c1-5-16-10(17-7-6-12(13,14)15)18-8-9(20)19-11(2,3)4;/h5-8H2,1-4H3,(H,19,20)(H2,16,17,18);1H. The summed E-state index contributed by atoms with van der Waals surface area (Å²) < 4.78 is 36.1. The van der Waals surface area contributed by atoms with Gasteiger partial charge in [-0.15, -0.1) is 24.0 Å². The van der Waals surface area contributed by atoms with Crippen molar-refractivity contribution in [1.82, 2.24) is 16.0 Å². The van der Waals surface area contributed by atoms with Crippen molar-refractivity contribution in [3.05, 3.63) is 0 Å². The number of guanidine groups is 1. The molecule has 5 nitrogen and oxygen atoms in total. The second-order valence-corrected chi connectivity index (χ2v) is 5.29. The molecule has 0 aliphatic rings. The number of aliphatic imine (C=N–C) groups is 1. The molecule has 0 fully saturated rings. The van der Waals surface area contributed by atoms with E-state index in [2.05, 4.69) is 20.9 Å². The van der Waals surface area contributed by atoms with Gasteiger partial charge in [-0.05, 0) is 27.7 Å². The summed E-state index contributed by atoms with van der Waals surface area (Å²) in [6.07, 6.45) is -5.17. The second kappa shape index (κ2) is 10.1. The van der Waals surface area contributed by atoms with E-state index in [0.717, 1.165) is 0 Å². The first-order chi connectivity index (χ1) is 9.03. The Labute approximate surface area is 140 Å². The lowest BCUT2D eigenvalue weighted by Crippen LogP contribution is -2.43. The molecule has 0 atom stereocenters. The highest BCUT2D eigenvalue weighted by Gasteiger charge is 2.26. The molecule has 0 bridgehead atoms. The molecule has 0 aliphatic heterocycles. The number of nitrogens with one attached hydrogen (secondary N) is 3. The fourth-order valence-corrected chi connectivity index (χ4v) is 1.27. The molecule has 1 amide bonds. The maximum Gasteiger partial charge on any atom is 0.390 e.